The summed E-state index contributed by atoms with van der Waals surface area (Å²) in [7, 11) is 0. The highest BCUT2D eigenvalue weighted by molar-refractivity contribution is 9.10. The van der Waals surface area contributed by atoms with Gasteiger partial charge in [-0.25, -0.2) is 4.39 Å². The summed E-state index contributed by atoms with van der Waals surface area (Å²) >= 11 is 3.51. The number of furan rings is 1. The van der Waals surface area contributed by atoms with E-state index >= 15 is 0 Å². The van der Waals surface area contributed by atoms with Crippen LogP contribution in [0, 0.1) is 5.82 Å². The van der Waals surface area contributed by atoms with E-state index in [0.29, 0.717) is 23.6 Å². The van der Waals surface area contributed by atoms with E-state index in [2.05, 4.69) is 21.2 Å². The van der Waals surface area contributed by atoms with E-state index in [9.17, 15) is 9.18 Å². The minimum absolute atomic E-state index is 0.309. The SMILES string of the molecule is CCOc1cc2occ(-c3cccc(Br)c3)c2cc1/C(C)=C/C(=O)Nc1ccc(F)cc1. The van der Waals surface area contributed by atoms with Gasteiger partial charge in [0.05, 0.1) is 12.9 Å². The molecule has 0 saturated carbocycles. The summed E-state index contributed by atoms with van der Waals surface area (Å²) in [4.78, 5) is 12.5. The summed E-state index contributed by atoms with van der Waals surface area (Å²) in [6.45, 7) is 4.24. The van der Waals surface area contributed by atoms with Crippen molar-refractivity contribution in [1.29, 1.82) is 0 Å². The van der Waals surface area contributed by atoms with E-state index in [0.717, 1.165) is 32.1 Å². The molecule has 0 atom stereocenters. The van der Waals surface area contributed by atoms with Crippen molar-refractivity contribution in [3.63, 3.8) is 0 Å². The number of allylic oxidation sites excluding steroid dienone is 1. The first-order valence-corrected chi connectivity index (χ1v) is 10.9. The van der Waals surface area contributed by atoms with Crippen LogP contribution in [0.25, 0.3) is 27.7 Å². The minimum Gasteiger partial charge on any atom is -0.493 e. The molecule has 4 aromatic rings. The first-order valence-electron chi connectivity index (χ1n) is 10.1. The summed E-state index contributed by atoms with van der Waals surface area (Å²) in [5, 5.41) is 3.67. The number of anilines is 1. The monoisotopic (exact) mass is 493 g/mol. The highest BCUT2D eigenvalue weighted by Gasteiger charge is 2.15. The molecule has 162 valence electrons. The van der Waals surface area contributed by atoms with Gasteiger partial charge in [-0.15, -0.1) is 0 Å². The minimum atomic E-state index is -0.356. The lowest BCUT2D eigenvalue weighted by Gasteiger charge is -2.12. The summed E-state index contributed by atoms with van der Waals surface area (Å²) in [5.41, 5.74) is 4.73. The molecule has 0 spiro atoms. The van der Waals surface area contributed by atoms with Crippen molar-refractivity contribution in [3.8, 4) is 16.9 Å². The Morgan fingerprint density at radius 3 is 2.66 bits per heavy atom. The third kappa shape index (κ3) is 4.75. The topological polar surface area (TPSA) is 51.5 Å². The molecule has 0 aliphatic carbocycles. The molecule has 0 fully saturated rings. The highest BCUT2D eigenvalue weighted by Crippen LogP contribution is 2.38. The number of fused-ring (bicyclic) bond motifs is 1. The Bertz CT molecular complexity index is 1310. The number of ether oxygens (including phenoxy) is 1. The van der Waals surface area contributed by atoms with Crippen LogP contribution in [0.5, 0.6) is 5.75 Å². The molecule has 0 aliphatic rings. The van der Waals surface area contributed by atoms with E-state index in [1.54, 1.807) is 6.26 Å². The maximum Gasteiger partial charge on any atom is 0.248 e. The lowest BCUT2D eigenvalue weighted by atomic mass is 9.99. The quantitative estimate of drug-likeness (QED) is 0.284. The molecule has 1 N–H and O–H groups in total. The molecule has 0 bridgehead atoms. The lowest BCUT2D eigenvalue weighted by molar-refractivity contribution is -0.111. The fourth-order valence-electron chi connectivity index (χ4n) is 3.50. The smallest absolute Gasteiger partial charge is 0.248 e. The van der Waals surface area contributed by atoms with Gasteiger partial charge in [-0.1, -0.05) is 28.1 Å². The maximum absolute atomic E-state index is 13.1. The normalized spacial score (nSPS) is 11.6. The van der Waals surface area contributed by atoms with Gasteiger partial charge in [0.1, 0.15) is 17.1 Å². The summed E-state index contributed by atoms with van der Waals surface area (Å²) in [6.07, 6.45) is 3.23. The zero-order valence-electron chi connectivity index (χ0n) is 17.6. The molecule has 0 radical (unpaired) electrons. The number of amides is 1. The molecule has 1 amide bonds. The number of nitrogens with one attached hydrogen (secondary N) is 1. The van der Waals surface area contributed by atoms with Gasteiger partial charge in [0.25, 0.3) is 0 Å². The highest BCUT2D eigenvalue weighted by atomic mass is 79.9. The number of hydrogen-bond donors (Lipinski definition) is 1. The maximum atomic E-state index is 13.1. The van der Waals surface area contributed by atoms with Crippen LogP contribution in [0.2, 0.25) is 0 Å². The molecule has 6 heteroatoms. The fourth-order valence-corrected chi connectivity index (χ4v) is 3.90. The van der Waals surface area contributed by atoms with Crippen molar-refractivity contribution < 1.29 is 18.3 Å². The van der Waals surface area contributed by atoms with Crippen LogP contribution in [-0.2, 0) is 4.79 Å². The van der Waals surface area contributed by atoms with Crippen LogP contribution >= 0.6 is 15.9 Å². The zero-order chi connectivity index (χ0) is 22.7. The van der Waals surface area contributed by atoms with E-state index in [1.165, 1.54) is 30.3 Å². The van der Waals surface area contributed by atoms with Crippen molar-refractivity contribution in [1.82, 2.24) is 0 Å². The van der Waals surface area contributed by atoms with Crippen LogP contribution in [0.15, 0.2) is 81.9 Å². The van der Waals surface area contributed by atoms with E-state index in [4.69, 9.17) is 9.15 Å². The van der Waals surface area contributed by atoms with Crippen LogP contribution in [0.3, 0.4) is 0 Å². The number of carbonyl (C=O) groups excluding carboxylic acids is 1. The summed E-state index contributed by atoms with van der Waals surface area (Å²) in [5.74, 6) is -0.0275. The summed E-state index contributed by atoms with van der Waals surface area (Å²) in [6, 6.07) is 17.5. The van der Waals surface area contributed by atoms with E-state index < -0.39 is 0 Å². The van der Waals surface area contributed by atoms with E-state index in [-0.39, 0.29) is 11.7 Å². The third-order valence-corrected chi connectivity index (χ3v) is 5.49. The standard InChI is InChI=1S/C26H21BrFNO3/c1-3-31-24-14-25-22(23(15-32-25)17-5-4-6-18(27)12-17)13-21(24)16(2)11-26(30)29-20-9-7-19(28)8-10-20/h4-15H,3H2,1-2H3,(H,29,30)/b16-11+. The lowest BCUT2D eigenvalue weighted by Crippen LogP contribution is -2.08. The molecule has 3 aromatic carbocycles. The van der Waals surface area contributed by atoms with Gasteiger partial charge in [0.2, 0.25) is 5.91 Å². The Kier molecular flexibility index (Phi) is 6.42. The largest absolute Gasteiger partial charge is 0.493 e. The van der Waals surface area contributed by atoms with Gasteiger partial charge < -0.3 is 14.5 Å². The van der Waals surface area contributed by atoms with Crippen LogP contribution < -0.4 is 10.1 Å². The Morgan fingerprint density at radius 2 is 1.94 bits per heavy atom. The predicted molar refractivity (Wildman–Crippen MR) is 129 cm³/mol. The number of benzene rings is 3. The second-order valence-electron chi connectivity index (χ2n) is 7.26. The Morgan fingerprint density at radius 1 is 1.16 bits per heavy atom. The molecular formula is C26H21BrFNO3. The average molecular weight is 494 g/mol. The number of rotatable bonds is 6. The fraction of sp³-hybridized carbons (Fsp3) is 0.115. The average Bonchev–Trinajstić information content (AvgIpc) is 3.18. The van der Waals surface area contributed by atoms with Crippen molar-refractivity contribution in [3.05, 3.63) is 88.9 Å². The predicted octanol–water partition coefficient (Wildman–Crippen LogP) is 7.44. The van der Waals surface area contributed by atoms with E-state index in [1.807, 2.05) is 50.2 Å². The molecular weight excluding hydrogens is 473 g/mol. The van der Waals surface area contributed by atoms with Crippen molar-refractivity contribution in [2.24, 2.45) is 0 Å². The Balaban J connectivity index is 1.72. The Hall–Kier alpha value is -3.38. The van der Waals surface area contributed by atoms with Crippen LogP contribution in [-0.4, -0.2) is 12.5 Å². The van der Waals surface area contributed by atoms with Gasteiger partial charge in [-0.2, -0.15) is 0 Å². The number of halogens is 2. The molecule has 0 aliphatic heterocycles. The van der Waals surface area contributed by atoms with Gasteiger partial charge >= 0.3 is 0 Å². The van der Waals surface area contributed by atoms with Gasteiger partial charge in [0, 0.05) is 38.8 Å². The molecule has 32 heavy (non-hydrogen) atoms. The Labute approximate surface area is 193 Å². The van der Waals surface area contributed by atoms with Gasteiger partial charge in [0.15, 0.2) is 0 Å². The molecule has 4 nitrogen and oxygen atoms in total. The van der Waals surface area contributed by atoms with Crippen molar-refractivity contribution in [2.75, 3.05) is 11.9 Å². The second kappa shape index (κ2) is 9.40. The van der Waals surface area contributed by atoms with Crippen molar-refractivity contribution >= 4 is 44.1 Å². The van der Waals surface area contributed by atoms with Crippen LogP contribution in [0.4, 0.5) is 10.1 Å². The first-order chi connectivity index (χ1) is 15.4. The van der Waals surface area contributed by atoms with Gasteiger partial charge in [-0.3, -0.25) is 4.79 Å². The number of carbonyl (C=O) groups is 1. The first kappa shape index (κ1) is 21.8. The molecule has 0 saturated heterocycles. The molecule has 0 unspecified atom stereocenters. The van der Waals surface area contributed by atoms with Crippen molar-refractivity contribution in [2.45, 2.75) is 13.8 Å². The summed E-state index contributed by atoms with van der Waals surface area (Å²) < 4.78 is 25.7. The number of hydrogen-bond acceptors (Lipinski definition) is 3. The zero-order valence-corrected chi connectivity index (χ0v) is 19.2. The second-order valence-corrected chi connectivity index (χ2v) is 8.18. The molecule has 1 aromatic heterocycles. The molecule has 1 heterocycles. The van der Waals surface area contributed by atoms with Gasteiger partial charge in [-0.05, 0) is 67.4 Å². The molecule has 4 rings (SSSR count). The third-order valence-electron chi connectivity index (χ3n) is 5.00. The van der Waals surface area contributed by atoms with Crippen LogP contribution in [0.1, 0.15) is 19.4 Å².